The first-order valence-electron chi connectivity index (χ1n) is 7.05. The van der Waals surface area contributed by atoms with Crippen molar-refractivity contribution in [3.05, 3.63) is 35.9 Å². The Hall–Kier alpha value is -1.33. The van der Waals surface area contributed by atoms with Gasteiger partial charge in [-0.05, 0) is 24.8 Å². The molecule has 1 fully saturated rings. The zero-order chi connectivity index (χ0) is 12.6. The second-order valence-corrected chi connectivity index (χ2v) is 5.16. The van der Waals surface area contributed by atoms with Crippen molar-refractivity contribution in [2.45, 2.75) is 44.6 Å². The van der Waals surface area contributed by atoms with Gasteiger partial charge in [0.2, 0.25) is 0 Å². The summed E-state index contributed by atoms with van der Waals surface area (Å²) in [4.78, 5) is 2.38. The minimum Gasteiger partial charge on any atom is -0.287 e. The molecule has 1 aromatic carbocycles. The van der Waals surface area contributed by atoms with Crippen LogP contribution in [0, 0.1) is 11.3 Å². The van der Waals surface area contributed by atoms with E-state index in [1.807, 2.05) is 0 Å². The van der Waals surface area contributed by atoms with Crippen molar-refractivity contribution >= 4 is 0 Å². The number of benzene rings is 1. The molecule has 2 heteroatoms. The zero-order valence-electron chi connectivity index (χ0n) is 11.0. The summed E-state index contributed by atoms with van der Waals surface area (Å²) in [6, 6.07) is 13.5. The largest absolute Gasteiger partial charge is 0.287 e. The SMILES string of the molecule is N#CCN(CCc1ccccc1)C1CCCCC1. The molecule has 18 heavy (non-hydrogen) atoms. The van der Waals surface area contributed by atoms with E-state index in [1.54, 1.807) is 0 Å². The predicted molar refractivity (Wildman–Crippen MR) is 74.2 cm³/mol. The third-order valence-corrected chi connectivity index (χ3v) is 3.90. The van der Waals surface area contributed by atoms with Gasteiger partial charge in [-0.25, -0.2) is 0 Å². The average molecular weight is 242 g/mol. The summed E-state index contributed by atoms with van der Waals surface area (Å²) in [5, 5.41) is 8.97. The molecule has 0 amide bonds. The monoisotopic (exact) mass is 242 g/mol. The molecule has 0 heterocycles. The summed E-state index contributed by atoms with van der Waals surface area (Å²) in [5.74, 6) is 0. The normalized spacial score (nSPS) is 16.7. The Kier molecular flexibility index (Phi) is 5.23. The third-order valence-electron chi connectivity index (χ3n) is 3.90. The number of nitriles is 1. The molecule has 0 N–H and O–H groups in total. The first-order chi connectivity index (χ1) is 8.90. The van der Waals surface area contributed by atoms with Crippen LogP contribution in [0.25, 0.3) is 0 Å². The van der Waals surface area contributed by atoms with Crippen LogP contribution in [0.1, 0.15) is 37.7 Å². The van der Waals surface area contributed by atoms with Crippen molar-refractivity contribution in [1.82, 2.24) is 4.90 Å². The van der Waals surface area contributed by atoms with E-state index in [0.29, 0.717) is 12.6 Å². The van der Waals surface area contributed by atoms with Crippen molar-refractivity contribution in [3.63, 3.8) is 0 Å². The molecule has 0 radical (unpaired) electrons. The highest BCUT2D eigenvalue weighted by atomic mass is 15.1. The molecule has 96 valence electrons. The topological polar surface area (TPSA) is 27.0 Å². The predicted octanol–water partition coefficient (Wildman–Crippen LogP) is 3.39. The Morgan fingerprint density at radius 2 is 1.83 bits per heavy atom. The molecule has 0 spiro atoms. The van der Waals surface area contributed by atoms with Gasteiger partial charge in [0.15, 0.2) is 0 Å². The molecular formula is C16H22N2. The van der Waals surface area contributed by atoms with Crippen molar-refractivity contribution in [1.29, 1.82) is 5.26 Å². The highest BCUT2D eigenvalue weighted by Gasteiger charge is 2.20. The molecule has 0 unspecified atom stereocenters. The quantitative estimate of drug-likeness (QED) is 0.740. The molecule has 1 aliphatic carbocycles. The number of hydrogen-bond acceptors (Lipinski definition) is 2. The van der Waals surface area contributed by atoms with E-state index in [1.165, 1.54) is 37.7 Å². The second kappa shape index (κ2) is 7.18. The lowest BCUT2D eigenvalue weighted by molar-refractivity contribution is 0.176. The Morgan fingerprint density at radius 1 is 1.11 bits per heavy atom. The Labute approximate surface area is 110 Å². The van der Waals surface area contributed by atoms with E-state index in [4.69, 9.17) is 5.26 Å². The van der Waals surface area contributed by atoms with Gasteiger partial charge in [-0.3, -0.25) is 4.90 Å². The summed E-state index contributed by atoms with van der Waals surface area (Å²) in [6.07, 6.45) is 7.64. The standard InChI is InChI=1S/C16H22N2/c17-12-14-18(16-9-5-2-6-10-16)13-11-15-7-3-1-4-8-15/h1,3-4,7-8,16H,2,5-6,9-11,13-14H2. The highest BCUT2D eigenvalue weighted by Crippen LogP contribution is 2.22. The van der Waals surface area contributed by atoms with E-state index in [9.17, 15) is 0 Å². The molecule has 2 nitrogen and oxygen atoms in total. The van der Waals surface area contributed by atoms with E-state index < -0.39 is 0 Å². The van der Waals surface area contributed by atoms with Crippen LogP contribution in [-0.4, -0.2) is 24.0 Å². The molecule has 0 aromatic heterocycles. The molecule has 0 saturated heterocycles. The Bertz CT molecular complexity index is 374. The van der Waals surface area contributed by atoms with Gasteiger partial charge in [0.05, 0.1) is 12.6 Å². The summed E-state index contributed by atoms with van der Waals surface area (Å²) in [6.45, 7) is 1.60. The third kappa shape index (κ3) is 3.85. The van der Waals surface area contributed by atoms with Gasteiger partial charge in [-0.15, -0.1) is 0 Å². The van der Waals surface area contributed by atoms with Crippen LogP contribution >= 0.6 is 0 Å². The van der Waals surface area contributed by atoms with E-state index in [2.05, 4.69) is 41.3 Å². The summed E-state index contributed by atoms with van der Waals surface area (Å²) in [5.41, 5.74) is 1.37. The van der Waals surface area contributed by atoms with E-state index in [-0.39, 0.29) is 0 Å². The smallest absolute Gasteiger partial charge is 0.0868 e. The van der Waals surface area contributed by atoms with Crippen LogP contribution in [0.2, 0.25) is 0 Å². The number of hydrogen-bond donors (Lipinski definition) is 0. The Balaban J connectivity index is 1.88. The van der Waals surface area contributed by atoms with Crippen LogP contribution in [0.4, 0.5) is 0 Å². The van der Waals surface area contributed by atoms with E-state index in [0.717, 1.165) is 13.0 Å². The average Bonchev–Trinajstić information content (AvgIpc) is 2.45. The maximum absolute atomic E-state index is 8.97. The highest BCUT2D eigenvalue weighted by molar-refractivity contribution is 5.15. The maximum atomic E-state index is 8.97. The maximum Gasteiger partial charge on any atom is 0.0868 e. The van der Waals surface area contributed by atoms with Crippen LogP contribution in [-0.2, 0) is 6.42 Å². The summed E-state index contributed by atoms with van der Waals surface area (Å²) >= 11 is 0. The van der Waals surface area contributed by atoms with Crippen molar-refractivity contribution in [3.8, 4) is 6.07 Å². The van der Waals surface area contributed by atoms with Gasteiger partial charge in [-0.1, -0.05) is 49.6 Å². The molecule has 0 aliphatic heterocycles. The molecule has 1 aromatic rings. The fourth-order valence-electron chi connectivity index (χ4n) is 2.85. The van der Waals surface area contributed by atoms with Gasteiger partial charge in [0.1, 0.15) is 0 Å². The first-order valence-corrected chi connectivity index (χ1v) is 7.05. The molecule has 0 bridgehead atoms. The summed E-state index contributed by atoms with van der Waals surface area (Å²) in [7, 11) is 0. The fraction of sp³-hybridized carbons (Fsp3) is 0.562. The van der Waals surface area contributed by atoms with E-state index >= 15 is 0 Å². The Morgan fingerprint density at radius 3 is 2.50 bits per heavy atom. The van der Waals surface area contributed by atoms with Crippen LogP contribution in [0.5, 0.6) is 0 Å². The lowest BCUT2D eigenvalue weighted by Crippen LogP contribution is -2.38. The minimum absolute atomic E-state index is 0.581. The van der Waals surface area contributed by atoms with Crippen molar-refractivity contribution in [2.75, 3.05) is 13.1 Å². The van der Waals surface area contributed by atoms with Crippen molar-refractivity contribution in [2.24, 2.45) is 0 Å². The number of nitrogens with zero attached hydrogens (tertiary/aromatic N) is 2. The number of rotatable bonds is 5. The van der Waals surface area contributed by atoms with Crippen LogP contribution in [0.3, 0.4) is 0 Å². The molecule has 1 saturated carbocycles. The van der Waals surface area contributed by atoms with Gasteiger partial charge in [0, 0.05) is 12.6 Å². The lowest BCUT2D eigenvalue weighted by Gasteiger charge is -2.32. The summed E-state index contributed by atoms with van der Waals surface area (Å²) < 4.78 is 0. The van der Waals surface area contributed by atoms with Crippen LogP contribution in [0.15, 0.2) is 30.3 Å². The van der Waals surface area contributed by atoms with Crippen LogP contribution < -0.4 is 0 Å². The fourth-order valence-corrected chi connectivity index (χ4v) is 2.85. The van der Waals surface area contributed by atoms with Crippen molar-refractivity contribution < 1.29 is 0 Å². The van der Waals surface area contributed by atoms with Gasteiger partial charge in [0.25, 0.3) is 0 Å². The zero-order valence-corrected chi connectivity index (χ0v) is 11.0. The minimum atomic E-state index is 0.581. The first kappa shape index (κ1) is 13.1. The molecule has 2 rings (SSSR count). The second-order valence-electron chi connectivity index (χ2n) is 5.16. The molecule has 1 aliphatic rings. The molecule has 0 atom stereocenters. The van der Waals surface area contributed by atoms with Gasteiger partial charge < -0.3 is 0 Å². The lowest BCUT2D eigenvalue weighted by atomic mass is 9.94. The molecular weight excluding hydrogens is 220 g/mol. The van der Waals surface area contributed by atoms with Gasteiger partial charge >= 0.3 is 0 Å². The van der Waals surface area contributed by atoms with Gasteiger partial charge in [-0.2, -0.15) is 5.26 Å².